The Bertz CT molecular complexity index is 1350. The molecule has 1 amide bonds. The van der Waals surface area contributed by atoms with Crippen molar-refractivity contribution in [1.29, 1.82) is 0 Å². The number of Topliss-reactive ketones (excluding diaryl/α,β-unsaturated/α-hetero) is 1. The summed E-state index contributed by atoms with van der Waals surface area (Å²) in [7, 11) is 3.01. The Morgan fingerprint density at radius 2 is 1.57 bits per heavy atom. The van der Waals surface area contributed by atoms with Gasteiger partial charge in [0.2, 0.25) is 0 Å². The normalized spacial score (nSPS) is 17.2. The summed E-state index contributed by atoms with van der Waals surface area (Å²) >= 11 is 0. The van der Waals surface area contributed by atoms with Crippen molar-refractivity contribution >= 4 is 23.1 Å². The first-order chi connectivity index (χ1) is 17.6. The third kappa shape index (κ3) is 4.84. The van der Waals surface area contributed by atoms with Gasteiger partial charge in [-0.3, -0.25) is 14.5 Å². The van der Waals surface area contributed by atoms with E-state index in [1.165, 1.54) is 19.1 Å². The van der Waals surface area contributed by atoms with Gasteiger partial charge in [-0.25, -0.2) is 0 Å². The van der Waals surface area contributed by atoms with Crippen molar-refractivity contribution in [3.05, 3.63) is 94.6 Å². The summed E-state index contributed by atoms with van der Waals surface area (Å²) in [4.78, 5) is 28.4. The molecule has 1 unspecified atom stereocenters. The van der Waals surface area contributed by atoms with Gasteiger partial charge >= 0.3 is 0 Å². The zero-order valence-corrected chi connectivity index (χ0v) is 22.2. The maximum atomic E-state index is 13.5. The lowest BCUT2D eigenvalue weighted by Gasteiger charge is -2.27. The van der Waals surface area contributed by atoms with E-state index in [2.05, 4.69) is 27.7 Å². The minimum Gasteiger partial charge on any atom is -0.507 e. The molecular weight excluding hydrogens is 466 g/mol. The zero-order valence-electron chi connectivity index (χ0n) is 22.2. The van der Waals surface area contributed by atoms with Gasteiger partial charge in [-0.1, -0.05) is 64.1 Å². The Hall–Kier alpha value is -4.06. The molecule has 6 nitrogen and oxygen atoms in total. The molecule has 1 saturated heterocycles. The molecule has 0 aliphatic carbocycles. The van der Waals surface area contributed by atoms with E-state index in [0.717, 1.165) is 23.1 Å². The first kappa shape index (κ1) is 26.0. The van der Waals surface area contributed by atoms with Crippen molar-refractivity contribution in [2.45, 2.75) is 45.6 Å². The van der Waals surface area contributed by atoms with E-state index in [4.69, 9.17) is 9.47 Å². The molecule has 1 N–H and O–H groups in total. The molecule has 0 spiro atoms. The average Bonchev–Trinajstić information content (AvgIpc) is 3.17. The number of methoxy groups -OCH3 is 2. The highest BCUT2D eigenvalue weighted by Gasteiger charge is 2.47. The van der Waals surface area contributed by atoms with Crippen LogP contribution in [0.25, 0.3) is 5.76 Å². The number of hydrogen-bond donors (Lipinski definition) is 1. The van der Waals surface area contributed by atoms with Gasteiger partial charge in [-0.05, 0) is 52.8 Å². The third-order valence-electron chi connectivity index (χ3n) is 6.82. The summed E-state index contributed by atoms with van der Waals surface area (Å²) in [6.45, 7) is 8.41. The molecule has 0 aromatic heterocycles. The van der Waals surface area contributed by atoms with Gasteiger partial charge in [-0.15, -0.1) is 0 Å². The maximum Gasteiger partial charge on any atom is 0.300 e. The van der Waals surface area contributed by atoms with Crippen molar-refractivity contribution in [3.63, 3.8) is 0 Å². The summed E-state index contributed by atoms with van der Waals surface area (Å²) in [6.07, 6.45) is 0.859. The first-order valence-corrected chi connectivity index (χ1v) is 12.3. The fraction of sp³-hybridized carbons (Fsp3) is 0.290. The van der Waals surface area contributed by atoms with Crippen LogP contribution in [0.4, 0.5) is 5.69 Å². The van der Waals surface area contributed by atoms with Crippen LogP contribution in [0.15, 0.2) is 72.3 Å². The second-order valence-electron chi connectivity index (χ2n) is 10.1. The highest BCUT2D eigenvalue weighted by Crippen LogP contribution is 2.44. The largest absolute Gasteiger partial charge is 0.507 e. The van der Waals surface area contributed by atoms with Gasteiger partial charge in [0.1, 0.15) is 17.3 Å². The van der Waals surface area contributed by atoms with E-state index in [1.54, 1.807) is 18.2 Å². The molecular formula is C31H33NO5. The molecule has 1 aliphatic heterocycles. The molecule has 6 heteroatoms. The van der Waals surface area contributed by atoms with Crippen LogP contribution in [-0.4, -0.2) is 31.0 Å². The predicted molar refractivity (Wildman–Crippen MR) is 145 cm³/mol. The van der Waals surface area contributed by atoms with Crippen molar-refractivity contribution in [2.75, 3.05) is 19.1 Å². The molecule has 0 radical (unpaired) electrons. The van der Waals surface area contributed by atoms with Crippen LogP contribution >= 0.6 is 0 Å². The zero-order chi connectivity index (χ0) is 26.9. The lowest BCUT2D eigenvalue weighted by molar-refractivity contribution is -0.132. The Morgan fingerprint density at radius 3 is 2.11 bits per heavy atom. The number of aliphatic hydroxyl groups is 1. The third-order valence-corrected chi connectivity index (χ3v) is 6.82. The highest BCUT2D eigenvalue weighted by molar-refractivity contribution is 6.51. The number of rotatable bonds is 6. The molecule has 1 aliphatic rings. The lowest BCUT2D eigenvalue weighted by Crippen LogP contribution is -2.29. The molecule has 37 heavy (non-hydrogen) atoms. The smallest absolute Gasteiger partial charge is 0.300 e. The van der Waals surface area contributed by atoms with E-state index in [0.29, 0.717) is 22.7 Å². The van der Waals surface area contributed by atoms with Crippen LogP contribution < -0.4 is 14.4 Å². The average molecular weight is 500 g/mol. The van der Waals surface area contributed by atoms with Gasteiger partial charge in [0.05, 0.1) is 31.4 Å². The first-order valence-electron chi connectivity index (χ1n) is 12.3. The van der Waals surface area contributed by atoms with E-state index in [1.807, 2.05) is 48.5 Å². The number of anilines is 1. The monoisotopic (exact) mass is 499 g/mol. The quantitative estimate of drug-likeness (QED) is 0.249. The maximum absolute atomic E-state index is 13.5. The summed E-state index contributed by atoms with van der Waals surface area (Å²) in [6, 6.07) is 19.5. The van der Waals surface area contributed by atoms with Crippen LogP contribution in [0.1, 0.15) is 56.0 Å². The number of ketones is 1. The number of benzene rings is 3. The van der Waals surface area contributed by atoms with E-state index in [-0.39, 0.29) is 16.7 Å². The number of amides is 1. The van der Waals surface area contributed by atoms with E-state index < -0.39 is 17.7 Å². The summed E-state index contributed by atoms with van der Waals surface area (Å²) in [5, 5.41) is 11.5. The van der Waals surface area contributed by atoms with Gasteiger partial charge in [0.25, 0.3) is 11.7 Å². The number of aliphatic hydroxyl groups excluding tert-OH is 1. The Balaban J connectivity index is 1.92. The minimum atomic E-state index is -0.807. The Kier molecular flexibility index (Phi) is 7.12. The molecule has 192 valence electrons. The highest BCUT2D eigenvalue weighted by atomic mass is 16.5. The molecule has 3 aromatic rings. The second kappa shape index (κ2) is 10.1. The molecule has 1 heterocycles. The van der Waals surface area contributed by atoms with Crippen LogP contribution in [-0.2, 0) is 21.4 Å². The van der Waals surface area contributed by atoms with Crippen molar-refractivity contribution in [1.82, 2.24) is 0 Å². The molecule has 4 rings (SSSR count). The minimum absolute atomic E-state index is 0.0117. The Morgan fingerprint density at radius 1 is 0.919 bits per heavy atom. The number of hydrogen-bond acceptors (Lipinski definition) is 5. The molecule has 0 saturated carbocycles. The predicted octanol–water partition coefficient (Wildman–Crippen LogP) is 6.19. The van der Waals surface area contributed by atoms with Gasteiger partial charge in [0.15, 0.2) is 0 Å². The summed E-state index contributed by atoms with van der Waals surface area (Å²) < 4.78 is 10.7. The van der Waals surface area contributed by atoms with E-state index in [9.17, 15) is 14.7 Å². The van der Waals surface area contributed by atoms with Crippen LogP contribution in [0, 0.1) is 0 Å². The van der Waals surface area contributed by atoms with Gasteiger partial charge in [-0.2, -0.15) is 0 Å². The SMILES string of the molecule is CCc1ccc(C2/C(=C(/O)c3ccc(OC)cc3OC)C(=O)C(=O)N2c2ccc(C(C)(C)C)cc2)cc1. The van der Waals surface area contributed by atoms with Crippen LogP contribution in [0.5, 0.6) is 11.5 Å². The fourth-order valence-corrected chi connectivity index (χ4v) is 4.61. The topological polar surface area (TPSA) is 76.1 Å². The van der Waals surface area contributed by atoms with Crippen molar-refractivity contribution < 1.29 is 24.2 Å². The molecule has 1 atom stereocenters. The standard InChI is InChI=1S/C31H33NO5/c1-7-19-8-10-20(11-9-19)27-26(28(33)24-17-16-23(36-5)18-25(24)37-6)29(34)30(35)32(27)22-14-12-21(13-15-22)31(2,3)4/h8-18,27,33H,7H2,1-6H3/b28-26-. The van der Waals surface area contributed by atoms with Crippen molar-refractivity contribution in [2.24, 2.45) is 0 Å². The second-order valence-corrected chi connectivity index (χ2v) is 10.1. The van der Waals surface area contributed by atoms with Crippen LogP contribution in [0.2, 0.25) is 0 Å². The molecule has 1 fully saturated rings. The summed E-state index contributed by atoms with van der Waals surface area (Å²) in [5.74, 6) is -0.865. The number of aryl methyl sites for hydroxylation is 1. The number of carbonyl (C=O) groups excluding carboxylic acids is 2. The lowest BCUT2D eigenvalue weighted by atomic mass is 9.87. The number of nitrogens with zero attached hydrogens (tertiary/aromatic N) is 1. The molecule has 0 bridgehead atoms. The molecule has 3 aromatic carbocycles. The van der Waals surface area contributed by atoms with Crippen molar-refractivity contribution in [3.8, 4) is 11.5 Å². The number of carbonyl (C=O) groups is 2. The van der Waals surface area contributed by atoms with E-state index >= 15 is 0 Å². The Labute approximate surface area is 218 Å². The fourth-order valence-electron chi connectivity index (χ4n) is 4.61. The number of ether oxygens (including phenoxy) is 2. The summed E-state index contributed by atoms with van der Waals surface area (Å²) in [5.41, 5.74) is 3.81. The van der Waals surface area contributed by atoms with Crippen LogP contribution in [0.3, 0.4) is 0 Å². The van der Waals surface area contributed by atoms with Gasteiger partial charge < -0.3 is 14.6 Å². The van der Waals surface area contributed by atoms with Gasteiger partial charge in [0, 0.05) is 11.8 Å².